The van der Waals surface area contributed by atoms with Gasteiger partial charge in [-0.2, -0.15) is 0 Å². The highest BCUT2D eigenvalue weighted by Gasteiger charge is 2.34. The maximum Gasteiger partial charge on any atom is 0.0598 e. The molecule has 0 aromatic carbocycles. The molecular weight excluding hydrogens is 230 g/mol. The van der Waals surface area contributed by atoms with Crippen molar-refractivity contribution in [3.05, 3.63) is 0 Å². The second-order valence-electron chi connectivity index (χ2n) is 6.18. The monoisotopic (exact) mass is 259 g/mol. The highest BCUT2D eigenvalue weighted by molar-refractivity contribution is 4.85. The molecule has 0 amide bonds. The molecule has 1 atom stereocenters. The average Bonchev–Trinajstić information content (AvgIpc) is 2.72. The number of rotatable bonds is 8. The Kier molecular flexibility index (Phi) is 6.57. The van der Waals surface area contributed by atoms with Gasteiger partial charge in [-0.15, -0.1) is 0 Å². The molecule has 1 rings (SSSR count). The first-order chi connectivity index (χ1) is 8.47. The van der Waals surface area contributed by atoms with Gasteiger partial charge >= 0.3 is 0 Å². The van der Waals surface area contributed by atoms with Crippen LogP contribution in [0.5, 0.6) is 0 Å². The van der Waals surface area contributed by atoms with Gasteiger partial charge in [0.2, 0.25) is 0 Å². The Morgan fingerprint density at radius 2 is 2.06 bits per heavy atom. The van der Waals surface area contributed by atoms with Gasteiger partial charge in [0.1, 0.15) is 0 Å². The maximum absolute atomic E-state index is 5.84. The van der Waals surface area contributed by atoms with E-state index in [0.29, 0.717) is 0 Å². The molecule has 1 N–H and O–H groups in total. The highest BCUT2D eigenvalue weighted by atomic mass is 16.5. The third-order valence-electron chi connectivity index (χ3n) is 3.34. The van der Waals surface area contributed by atoms with Crippen LogP contribution in [0.4, 0.5) is 0 Å². The van der Waals surface area contributed by atoms with E-state index in [1.807, 2.05) is 0 Å². The highest BCUT2D eigenvalue weighted by Crippen LogP contribution is 2.32. The van der Waals surface area contributed by atoms with Crippen molar-refractivity contribution in [3.8, 4) is 0 Å². The van der Waals surface area contributed by atoms with Crippen molar-refractivity contribution in [2.45, 2.75) is 39.2 Å². The first kappa shape index (κ1) is 15.9. The summed E-state index contributed by atoms with van der Waals surface area (Å²) in [6.45, 7) is 11.5. The first-order valence-corrected chi connectivity index (χ1v) is 6.89. The fraction of sp³-hybridized carbons (Fsp3) is 1.00. The molecule has 0 aromatic heterocycles. The summed E-state index contributed by atoms with van der Waals surface area (Å²) < 4.78 is 16.5. The van der Waals surface area contributed by atoms with Crippen LogP contribution in [0, 0.1) is 5.41 Å². The molecule has 0 bridgehead atoms. The standard InChI is InChI=1S/C14H29NO3/c1-13(2,3)18-9-6-14(5-8-17-12-14)11-15-7-10-16-4/h15H,5-12H2,1-4H3. The van der Waals surface area contributed by atoms with Crippen LogP contribution in [0.1, 0.15) is 33.6 Å². The summed E-state index contributed by atoms with van der Waals surface area (Å²) in [7, 11) is 1.73. The fourth-order valence-electron chi connectivity index (χ4n) is 2.18. The van der Waals surface area contributed by atoms with Crippen molar-refractivity contribution in [2.24, 2.45) is 5.41 Å². The van der Waals surface area contributed by atoms with Gasteiger partial charge in [0.25, 0.3) is 0 Å². The number of nitrogens with one attached hydrogen (secondary N) is 1. The molecule has 18 heavy (non-hydrogen) atoms. The molecule has 1 unspecified atom stereocenters. The summed E-state index contributed by atoms with van der Waals surface area (Å²) >= 11 is 0. The molecule has 1 fully saturated rings. The van der Waals surface area contributed by atoms with Gasteiger partial charge in [-0.05, 0) is 33.6 Å². The Labute approximate surface area is 111 Å². The Balaban J connectivity index is 2.29. The van der Waals surface area contributed by atoms with Gasteiger partial charge in [-0.25, -0.2) is 0 Å². The van der Waals surface area contributed by atoms with Crippen LogP contribution in [0.2, 0.25) is 0 Å². The second kappa shape index (κ2) is 7.43. The second-order valence-corrected chi connectivity index (χ2v) is 6.18. The van der Waals surface area contributed by atoms with Crippen LogP contribution in [0.3, 0.4) is 0 Å². The average molecular weight is 259 g/mol. The minimum Gasteiger partial charge on any atom is -0.383 e. The number of ether oxygens (including phenoxy) is 3. The molecule has 0 aromatic rings. The van der Waals surface area contributed by atoms with E-state index in [0.717, 1.165) is 52.4 Å². The zero-order chi connectivity index (χ0) is 13.5. The Morgan fingerprint density at radius 3 is 2.61 bits per heavy atom. The normalized spacial score (nSPS) is 24.7. The third kappa shape index (κ3) is 6.14. The lowest BCUT2D eigenvalue weighted by molar-refractivity contribution is -0.0201. The molecule has 108 valence electrons. The summed E-state index contributed by atoms with van der Waals surface area (Å²) in [5, 5.41) is 3.46. The van der Waals surface area contributed by atoms with Crippen LogP contribution >= 0.6 is 0 Å². The van der Waals surface area contributed by atoms with Crippen molar-refractivity contribution in [3.63, 3.8) is 0 Å². The summed E-state index contributed by atoms with van der Waals surface area (Å²) in [5.74, 6) is 0. The van der Waals surface area contributed by atoms with Crippen LogP contribution in [0.25, 0.3) is 0 Å². The Bertz CT molecular complexity index is 220. The lowest BCUT2D eigenvalue weighted by Crippen LogP contribution is -2.38. The van der Waals surface area contributed by atoms with Crippen LogP contribution in [-0.2, 0) is 14.2 Å². The minimum absolute atomic E-state index is 0.0515. The van der Waals surface area contributed by atoms with Gasteiger partial charge in [0, 0.05) is 38.8 Å². The van der Waals surface area contributed by atoms with Gasteiger partial charge in [-0.1, -0.05) is 0 Å². The van der Waals surface area contributed by atoms with Gasteiger partial charge in [-0.3, -0.25) is 0 Å². The zero-order valence-electron chi connectivity index (χ0n) is 12.4. The zero-order valence-corrected chi connectivity index (χ0v) is 12.4. The third-order valence-corrected chi connectivity index (χ3v) is 3.34. The van der Waals surface area contributed by atoms with Gasteiger partial charge in [0.05, 0.1) is 18.8 Å². The van der Waals surface area contributed by atoms with Crippen molar-refractivity contribution >= 4 is 0 Å². The molecule has 1 aliphatic heterocycles. The lowest BCUT2D eigenvalue weighted by atomic mass is 9.84. The van der Waals surface area contributed by atoms with E-state index < -0.39 is 0 Å². The topological polar surface area (TPSA) is 39.7 Å². The molecule has 0 saturated carbocycles. The fourth-order valence-corrected chi connectivity index (χ4v) is 2.18. The molecule has 0 aliphatic carbocycles. The van der Waals surface area contributed by atoms with E-state index in [1.54, 1.807) is 7.11 Å². The summed E-state index contributed by atoms with van der Waals surface area (Å²) in [6.07, 6.45) is 2.19. The lowest BCUT2D eigenvalue weighted by Gasteiger charge is -2.29. The van der Waals surface area contributed by atoms with E-state index in [2.05, 4.69) is 26.1 Å². The van der Waals surface area contributed by atoms with Gasteiger partial charge in [0.15, 0.2) is 0 Å². The molecule has 0 spiro atoms. The Hall–Kier alpha value is -0.160. The number of hydrogen-bond donors (Lipinski definition) is 1. The Morgan fingerprint density at radius 1 is 1.28 bits per heavy atom. The predicted octanol–water partition coefficient (Wildman–Crippen LogP) is 1.83. The summed E-state index contributed by atoms with van der Waals surface area (Å²) in [5.41, 5.74) is 0.198. The molecule has 4 heteroatoms. The van der Waals surface area contributed by atoms with Crippen molar-refractivity contribution in [2.75, 3.05) is 46.6 Å². The molecule has 1 aliphatic rings. The summed E-state index contributed by atoms with van der Waals surface area (Å²) in [4.78, 5) is 0. The van der Waals surface area contributed by atoms with Crippen LogP contribution in [0.15, 0.2) is 0 Å². The van der Waals surface area contributed by atoms with Crippen LogP contribution in [-0.4, -0.2) is 52.2 Å². The van der Waals surface area contributed by atoms with E-state index >= 15 is 0 Å². The summed E-state index contributed by atoms with van der Waals surface area (Å²) in [6, 6.07) is 0. The maximum atomic E-state index is 5.84. The largest absolute Gasteiger partial charge is 0.383 e. The molecular formula is C14H29NO3. The quantitative estimate of drug-likeness (QED) is 0.675. The van der Waals surface area contributed by atoms with E-state index in [-0.39, 0.29) is 11.0 Å². The minimum atomic E-state index is -0.0515. The van der Waals surface area contributed by atoms with Crippen molar-refractivity contribution < 1.29 is 14.2 Å². The first-order valence-electron chi connectivity index (χ1n) is 6.89. The van der Waals surface area contributed by atoms with Gasteiger partial charge < -0.3 is 19.5 Å². The van der Waals surface area contributed by atoms with E-state index in [9.17, 15) is 0 Å². The predicted molar refractivity (Wildman–Crippen MR) is 72.9 cm³/mol. The number of hydrogen-bond acceptors (Lipinski definition) is 4. The van der Waals surface area contributed by atoms with E-state index in [4.69, 9.17) is 14.2 Å². The van der Waals surface area contributed by atoms with Crippen LogP contribution < -0.4 is 5.32 Å². The number of methoxy groups -OCH3 is 1. The van der Waals surface area contributed by atoms with E-state index in [1.165, 1.54) is 0 Å². The van der Waals surface area contributed by atoms with Crippen molar-refractivity contribution in [1.82, 2.24) is 5.32 Å². The SMILES string of the molecule is COCCNCC1(CCOC(C)(C)C)CCOC1. The molecule has 1 heterocycles. The van der Waals surface area contributed by atoms with Crippen molar-refractivity contribution in [1.29, 1.82) is 0 Å². The molecule has 4 nitrogen and oxygen atoms in total. The smallest absolute Gasteiger partial charge is 0.0598 e. The molecule has 1 saturated heterocycles. The molecule has 0 radical (unpaired) electrons.